The maximum Gasteiger partial charge on any atom is 0.113 e. The van der Waals surface area contributed by atoms with Crippen LogP contribution in [-0.4, -0.2) is 15.0 Å². The smallest absolute Gasteiger partial charge is 0.113 e. The van der Waals surface area contributed by atoms with Crippen LogP contribution in [0.25, 0.3) is 38.7 Å². The standard InChI is InChI=1S/C23H17N3/c1-3-10-19-17(8-1)16-18-9-2-4-11-20(18)21(19)12-7-15-26-23-14-6-5-13-22(23)24-25-26/h1-14,16H,15H2. The number of benzene rings is 4. The summed E-state index contributed by atoms with van der Waals surface area (Å²) in [6, 6.07) is 27.4. The molecule has 124 valence electrons. The molecule has 0 bridgehead atoms. The lowest BCUT2D eigenvalue weighted by molar-refractivity contribution is 0.684. The fourth-order valence-electron chi connectivity index (χ4n) is 3.55. The number of allylic oxidation sites excluding steroid dienone is 1. The number of fused-ring (bicyclic) bond motifs is 3. The van der Waals surface area contributed by atoms with Crippen LogP contribution in [0.15, 0.2) is 84.9 Å². The van der Waals surface area contributed by atoms with Gasteiger partial charge >= 0.3 is 0 Å². The van der Waals surface area contributed by atoms with Crippen LogP contribution < -0.4 is 0 Å². The number of hydrogen-bond acceptors (Lipinski definition) is 2. The average molecular weight is 335 g/mol. The molecule has 0 saturated heterocycles. The first-order valence-corrected chi connectivity index (χ1v) is 8.75. The van der Waals surface area contributed by atoms with Gasteiger partial charge in [0.25, 0.3) is 0 Å². The second kappa shape index (κ2) is 6.12. The molecule has 0 aliphatic heterocycles. The van der Waals surface area contributed by atoms with E-state index >= 15 is 0 Å². The molecule has 5 aromatic rings. The molecular formula is C23H17N3. The van der Waals surface area contributed by atoms with Crippen molar-refractivity contribution in [2.45, 2.75) is 6.54 Å². The van der Waals surface area contributed by atoms with Gasteiger partial charge in [0.05, 0.1) is 12.1 Å². The predicted octanol–water partition coefficient (Wildman–Crippen LogP) is 5.45. The van der Waals surface area contributed by atoms with Gasteiger partial charge in [0, 0.05) is 0 Å². The van der Waals surface area contributed by atoms with Gasteiger partial charge in [0.2, 0.25) is 0 Å². The van der Waals surface area contributed by atoms with Crippen molar-refractivity contribution < 1.29 is 0 Å². The van der Waals surface area contributed by atoms with Crippen LogP contribution in [0.4, 0.5) is 0 Å². The molecule has 0 aliphatic rings. The first kappa shape index (κ1) is 14.8. The first-order chi connectivity index (χ1) is 12.9. The molecule has 0 unspecified atom stereocenters. The molecule has 4 aromatic carbocycles. The van der Waals surface area contributed by atoms with Crippen molar-refractivity contribution in [1.29, 1.82) is 0 Å². The fraction of sp³-hybridized carbons (Fsp3) is 0.0435. The van der Waals surface area contributed by atoms with Crippen molar-refractivity contribution in [2.75, 3.05) is 0 Å². The van der Waals surface area contributed by atoms with Gasteiger partial charge in [-0.2, -0.15) is 0 Å². The minimum Gasteiger partial charge on any atom is -0.241 e. The molecule has 0 radical (unpaired) electrons. The molecule has 3 nitrogen and oxygen atoms in total. The minimum absolute atomic E-state index is 0.693. The van der Waals surface area contributed by atoms with Gasteiger partial charge in [-0.25, -0.2) is 4.68 Å². The van der Waals surface area contributed by atoms with E-state index in [-0.39, 0.29) is 0 Å². The Morgan fingerprint density at radius 1 is 0.769 bits per heavy atom. The van der Waals surface area contributed by atoms with E-state index in [1.165, 1.54) is 27.1 Å². The van der Waals surface area contributed by atoms with E-state index in [1.54, 1.807) is 0 Å². The highest BCUT2D eigenvalue weighted by molar-refractivity contribution is 6.06. The number of aromatic nitrogens is 3. The topological polar surface area (TPSA) is 30.7 Å². The molecule has 0 aliphatic carbocycles. The average Bonchev–Trinajstić information content (AvgIpc) is 3.11. The summed E-state index contributed by atoms with van der Waals surface area (Å²) in [5.74, 6) is 0. The summed E-state index contributed by atoms with van der Waals surface area (Å²) in [6.07, 6.45) is 4.37. The molecule has 0 saturated carbocycles. The fourth-order valence-corrected chi connectivity index (χ4v) is 3.55. The van der Waals surface area contributed by atoms with Crippen LogP contribution in [-0.2, 0) is 6.54 Å². The molecule has 0 fully saturated rings. The zero-order valence-electron chi connectivity index (χ0n) is 14.2. The summed E-state index contributed by atoms with van der Waals surface area (Å²) in [6.45, 7) is 0.693. The van der Waals surface area contributed by atoms with Crippen LogP contribution in [0.1, 0.15) is 5.56 Å². The van der Waals surface area contributed by atoms with Gasteiger partial charge in [-0.15, -0.1) is 5.10 Å². The normalized spacial score (nSPS) is 11.8. The summed E-state index contributed by atoms with van der Waals surface area (Å²) < 4.78 is 1.93. The van der Waals surface area contributed by atoms with Crippen molar-refractivity contribution in [3.8, 4) is 0 Å². The van der Waals surface area contributed by atoms with Crippen molar-refractivity contribution in [2.24, 2.45) is 0 Å². The lowest BCUT2D eigenvalue weighted by Gasteiger charge is -2.08. The Labute approximate surface area is 151 Å². The zero-order valence-corrected chi connectivity index (χ0v) is 14.2. The lowest BCUT2D eigenvalue weighted by Crippen LogP contribution is -1.97. The van der Waals surface area contributed by atoms with Gasteiger partial charge in [0.1, 0.15) is 5.52 Å². The largest absolute Gasteiger partial charge is 0.241 e. The lowest BCUT2D eigenvalue weighted by atomic mass is 9.96. The van der Waals surface area contributed by atoms with E-state index in [9.17, 15) is 0 Å². The Kier molecular flexibility index (Phi) is 3.49. The van der Waals surface area contributed by atoms with Crippen molar-refractivity contribution >= 4 is 38.7 Å². The number of hydrogen-bond donors (Lipinski definition) is 0. The van der Waals surface area contributed by atoms with Crippen molar-refractivity contribution in [3.05, 3.63) is 90.5 Å². The van der Waals surface area contributed by atoms with Crippen LogP contribution in [0.5, 0.6) is 0 Å². The highest BCUT2D eigenvalue weighted by atomic mass is 15.4. The summed E-state index contributed by atoms with van der Waals surface area (Å²) >= 11 is 0. The van der Waals surface area contributed by atoms with E-state index in [2.05, 4.69) is 83.1 Å². The Bertz CT molecular complexity index is 1210. The summed E-state index contributed by atoms with van der Waals surface area (Å²) in [7, 11) is 0. The Morgan fingerprint density at radius 2 is 1.42 bits per heavy atom. The number of para-hydroxylation sites is 1. The maximum atomic E-state index is 4.27. The predicted molar refractivity (Wildman–Crippen MR) is 108 cm³/mol. The molecule has 5 rings (SSSR count). The van der Waals surface area contributed by atoms with Gasteiger partial charge in [-0.05, 0) is 45.3 Å². The molecule has 0 amide bonds. The third-order valence-corrected chi connectivity index (χ3v) is 4.80. The molecule has 0 atom stereocenters. The van der Waals surface area contributed by atoms with E-state index in [0.29, 0.717) is 6.54 Å². The van der Waals surface area contributed by atoms with Crippen LogP contribution >= 0.6 is 0 Å². The maximum absolute atomic E-state index is 4.27. The number of nitrogens with zero attached hydrogens (tertiary/aromatic N) is 3. The Balaban J connectivity index is 1.60. The van der Waals surface area contributed by atoms with E-state index in [0.717, 1.165) is 11.0 Å². The molecule has 1 aromatic heterocycles. The van der Waals surface area contributed by atoms with Gasteiger partial charge in [0.15, 0.2) is 0 Å². The van der Waals surface area contributed by atoms with E-state index < -0.39 is 0 Å². The van der Waals surface area contributed by atoms with Crippen molar-refractivity contribution in [1.82, 2.24) is 15.0 Å². The van der Waals surface area contributed by atoms with Gasteiger partial charge in [-0.3, -0.25) is 0 Å². The quantitative estimate of drug-likeness (QED) is 0.410. The van der Waals surface area contributed by atoms with Crippen LogP contribution in [0.3, 0.4) is 0 Å². The summed E-state index contributed by atoms with van der Waals surface area (Å²) in [5.41, 5.74) is 3.24. The second-order valence-corrected chi connectivity index (χ2v) is 6.40. The van der Waals surface area contributed by atoms with Crippen LogP contribution in [0.2, 0.25) is 0 Å². The van der Waals surface area contributed by atoms with Gasteiger partial charge in [-0.1, -0.05) is 78.0 Å². The summed E-state index contributed by atoms with van der Waals surface area (Å²) in [5, 5.41) is 13.6. The molecular weight excluding hydrogens is 318 g/mol. The minimum atomic E-state index is 0.693. The van der Waals surface area contributed by atoms with Crippen molar-refractivity contribution in [3.63, 3.8) is 0 Å². The molecule has 26 heavy (non-hydrogen) atoms. The third kappa shape index (κ3) is 2.45. The van der Waals surface area contributed by atoms with Crippen LogP contribution in [0, 0.1) is 0 Å². The van der Waals surface area contributed by atoms with E-state index in [1.807, 2.05) is 22.9 Å². The molecule has 1 heterocycles. The summed E-state index contributed by atoms with van der Waals surface area (Å²) in [4.78, 5) is 0. The number of rotatable bonds is 3. The molecule has 0 N–H and O–H groups in total. The second-order valence-electron chi connectivity index (χ2n) is 6.40. The first-order valence-electron chi connectivity index (χ1n) is 8.75. The highest BCUT2D eigenvalue weighted by Crippen LogP contribution is 2.29. The van der Waals surface area contributed by atoms with Gasteiger partial charge < -0.3 is 0 Å². The zero-order chi connectivity index (χ0) is 17.3. The SMILES string of the molecule is C(=Cc1c2ccccc2cc2ccccc12)Cn1nnc2ccccc21. The monoisotopic (exact) mass is 335 g/mol. The third-order valence-electron chi connectivity index (χ3n) is 4.80. The molecule has 0 spiro atoms. The van der Waals surface area contributed by atoms with E-state index in [4.69, 9.17) is 0 Å². The molecule has 3 heteroatoms. The Hall–Kier alpha value is -3.46. The highest BCUT2D eigenvalue weighted by Gasteiger charge is 2.05. The Morgan fingerprint density at radius 3 is 2.19 bits per heavy atom.